The highest BCUT2D eigenvalue weighted by Crippen LogP contribution is 2.18. The molecular weight excluding hydrogens is 243 g/mol. The first-order valence-corrected chi connectivity index (χ1v) is 5.84. The molecule has 0 saturated heterocycles. The molecule has 2 unspecified atom stereocenters. The summed E-state index contributed by atoms with van der Waals surface area (Å²) in [6.07, 6.45) is 0.804. The van der Waals surface area contributed by atoms with Crippen molar-refractivity contribution in [3.05, 3.63) is 29.0 Å². The molecule has 94 valence electrons. The molecule has 2 atom stereocenters. The molecule has 0 fully saturated rings. The number of benzene rings is 1. The van der Waals surface area contributed by atoms with Gasteiger partial charge in [0.25, 0.3) is 0 Å². The van der Waals surface area contributed by atoms with Gasteiger partial charge in [-0.1, -0.05) is 31.9 Å². The predicted octanol–water partition coefficient (Wildman–Crippen LogP) is 2.79. The number of amides is 1. The molecule has 0 saturated carbocycles. The lowest BCUT2D eigenvalue weighted by atomic mass is 9.99. The smallest absolute Gasteiger partial charge is 0.241 e. The number of nitrogens with two attached hydrogens (primary N) is 1. The topological polar surface area (TPSA) is 55.1 Å². The van der Waals surface area contributed by atoms with Crippen LogP contribution in [0.3, 0.4) is 0 Å². The Hall–Kier alpha value is -1.13. The maximum absolute atomic E-state index is 13.0. The Kier molecular flexibility index (Phi) is 4.90. The first-order valence-electron chi connectivity index (χ1n) is 5.46. The Morgan fingerprint density at radius 2 is 2.18 bits per heavy atom. The second-order valence-corrected chi connectivity index (χ2v) is 4.50. The Labute approximate surface area is 105 Å². The number of hydrogen-bond acceptors (Lipinski definition) is 2. The molecule has 0 spiro atoms. The van der Waals surface area contributed by atoms with Gasteiger partial charge >= 0.3 is 0 Å². The van der Waals surface area contributed by atoms with E-state index in [-0.39, 0.29) is 16.8 Å². The van der Waals surface area contributed by atoms with Crippen LogP contribution in [-0.4, -0.2) is 11.9 Å². The Morgan fingerprint density at radius 1 is 1.53 bits per heavy atom. The van der Waals surface area contributed by atoms with Gasteiger partial charge < -0.3 is 11.1 Å². The van der Waals surface area contributed by atoms with Gasteiger partial charge in [0, 0.05) is 10.7 Å². The molecule has 3 N–H and O–H groups in total. The fourth-order valence-electron chi connectivity index (χ4n) is 1.36. The van der Waals surface area contributed by atoms with Crippen LogP contribution in [-0.2, 0) is 4.79 Å². The van der Waals surface area contributed by atoms with Crippen LogP contribution >= 0.6 is 11.6 Å². The molecule has 0 aliphatic heterocycles. The van der Waals surface area contributed by atoms with Crippen molar-refractivity contribution in [2.24, 2.45) is 11.7 Å². The van der Waals surface area contributed by atoms with E-state index in [0.717, 1.165) is 6.42 Å². The Bertz CT molecular complexity index is 391. The lowest BCUT2D eigenvalue weighted by Gasteiger charge is -2.17. The van der Waals surface area contributed by atoms with Gasteiger partial charge in [-0.2, -0.15) is 0 Å². The zero-order valence-electron chi connectivity index (χ0n) is 9.84. The summed E-state index contributed by atoms with van der Waals surface area (Å²) in [5.74, 6) is -0.759. The summed E-state index contributed by atoms with van der Waals surface area (Å²) in [6.45, 7) is 3.85. The minimum Gasteiger partial charge on any atom is -0.325 e. The number of halogens is 2. The zero-order valence-corrected chi connectivity index (χ0v) is 10.6. The number of carbonyl (C=O) groups is 1. The largest absolute Gasteiger partial charge is 0.325 e. The molecule has 5 heteroatoms. The van der Waals surface area contributed by atoms with Gasteiger partial charge in [0.1, 0.15) is 5.82 Å². The fourth-order valence-corrected chi connectivity index (χ4v) is 1.59. The van der Waals surface area contributed by atoms with Gasteiger partial charge in [-0.25, -0.2) is 4.39 Å². The molecule has 1 rings (SSSR count). The predicted molar refractivity (Wildman–Crippen MR) is 67.5 cm³/mol. The molecular formula is C12H16ClFN2O. The van der Waals surface area contributed by atoms with Gasteiger partial charge in [0.15, 0.2) is 0 Å². The number of nitrogens with one attached hydrogen (secondary N) is 1. The van der Waals surface area contributed by atoms with Gasteiger partial charge in [-0.3, -0.25) is 4.79 Å². The van der Waals surface area contributed by atoms with E-state index in [1.807, 2.05) is 13.8 Å². The third-order valence-corrected chi connectivity index (χ3v) is 2.91. The average Bonchev–Trinajstić information content (AvgIpc) is 2.25. The zero-order chi connectivity index (χ0) is 13.0. The molecule has 0 aliphatic rings. The molecule has 0 aliphatic carbocycles. The average molecular weight is 259 g/mol. The van der Waals surface area contributed by atoms with Gasteiger partial charge in [0.2, 0.25) is 5.91 Å². The SMILES string of the molecule is CCC(C)C(N)C(=O)Nc1cc(F)cc(Cl)c1. The highest BCUT2D eigenvalue weighted by Gasteiger charge is 2.19. The maximum Gasteiger partial charge on any atom is 0.241 e. The van der Waals surface area contributed by atoms with E-state index in [1.54, 1.807) is 0 Å². The molecule has 0 radical (unpaired) electrons. The highest BCUT2D eigenvalue weighted by molar-refractivity contribution is 6.30. The van der Waals surface area contributed by atoms with Crippen LogP contribution in [0.15, 0.2) is 18.2 Å². The van der Waals surface area contributed by atoms with Crippen molar-refractivity contribution in [2.45, 2.75) is 26.3 Å². The van der Waals surface area contributed by atoms with E-state index in [1.165, 1.54) is 18.2 Å². The van der Waals surface area contributed by atoms with Crippen LogP contribution in [0.25, 0.3) is 0 Å². The number of rotatable bonds is 4. The summed E-state index contributed by atoms with van der Waals surface area (Å²) in [5.41, 5.74) is 6.07. The van der Waals surface area contributed by atoms with Gasteiger partial charge in [0.05, 0.1) is 6.04 Å². The van der Waals surface area contributed by atoms with Crippen molar-refractivity contribution in [1.82, 2.24) is 0 Å². The van der Waals surface area contributed by atoms with E-state index >= 15 is 0 Å². The lowest BCUT2D eigenvalue weighted by molar-refractivity contribution is -0.118. The van der Waals surface area contributed by atoms with Crippen molar-refractivity contribution in [1.29, 1.82) is 0 Å². The van der Waals surface area contributed by atoms with E-state index in [0.29, 0.717) is 5.69 Å². The minimum absolute atomic E-state index is 0.0685. The Morgan fingerprint density at radius 3 is 2.71 bits per heavy atom. The van der Waals surface area contributed by atoms with E-state index in [4.69, 9.17) is 17.3 Å². The van der Waals surface area contributed by atoms with Crippen LogP contribution in [0.4, 0.5) is 10.1 Å². The molecule has 1 amide bonds. The first-order chi connectivity index (χ1) is 7.93. The van der Waals surface area contributed by atoms with E-state index in [9.17, 15) is 9.18 Å². The molecule has 17 heavy (non-hydrogen) atoms. The number of anilines is 1. The van der Waals surface area contributed by atoms with Crippen molar-refractivity contribution in [3.8, 4) is 0 Å². The van der Waals surface area contributed by atoms with Crippen LogP contribution in [0.1, 0.15) is 20.3 Å². The van der Waals surface area contributed by atoms with Gasteiger partial charge in [-0.05, 0) is 24.1 Å². The summed E-state index contributed by atoms with van der Waals surface area (Å²) >= 11 is 5.68. The molecule has 3 nitrogen and oxygen atoms in total. The summed E-state index contributed by atoms with van der Waals surface area (Å²) in [5, 5.41) is 2.78. The summed E-state index contributed by atoms with van der Waals surface area (Å²) in [7, 11) is 0. The van der Waals surface area contributed by atoms with Crippen LogP contribution in [0.5, 0.6) is 0 Å². The molecule has 0 heterocycles. The maximum atomic E-state index is 13.0. The van der Waals surface area contributed by atoms with Gasteiger partial charge in [-0.15, -0.1) is 0 Å². The van der Waals surface area contributed by atoms with E-state index in [2.05, 4.69) is 5.32 Å². The van der Waals surface area contributed by atoms with Crippen molar-refractivity contribution < 1.29 is 9.18 Å². The second kappa shape index (κ2) is 5.98. The molecule has 0 bridgehead atoms. The van der Waals surface area contributed by atoms with Crippen LogP contribution < -0.4 is 11.1 Å². The molecule has 1 aromatic rings. The normalized spacial score (nSPS) is 14.2. The summed E-state index contributed by atoms with van der Waals surface area (Å²) in [6, 6.07) is 3.24. The third-order valence-electron chi connectivity index (χ3n) is 2.69. The standard InChI is InChI=1S/C12H16ClFN2O/c1-3-7(2)11(15)12(17)16-10-5-8(13)4-9(14)6-10/h4-7,11H,3,15H2,1-2H3,(H,16,17). The van der Waals surface area contributed by atoms with Crippen molar-refractivity contribution in [2.75, 3.05) is 5.32 Å². The minimum atomic E-state index is -0.609. The molecule has 0 aromatic heterocycles. The lowest BCUT2D eigenvalue weighted by Crippen LogP contribution is -2.40. The van der Waals surface area contributed by atoms with Crippen molar-refractivity contribution in [3.63, 3.8) is 0 Å². The monoisotopic (exact) mass is 258 g/mol. The molecule has 1 aromatic carbocycles. The Balaban J connectivity index is 2.74. The quantitative estimate of drug-likeness (QED) is 0.873. The number of hydrogen-bond donors (Lipinski definition) is 2. The highest BCUT2D eigenvalue weighted by atomic mass is 35.5. The third kappa shape index (κ3) is 3.98. The fraction of sp³-hybridized carbons (Fsp3) is 0.417. The second-order valence-electron chi connectivity index (χ2n) is 4.06. The van der Waals surface area contributed by atoms with E-state index < -0.39 is 11.9 Å². The van der Waals surface area contributed by atoms with Crippen molar-refractivity contribution >= 4 is 23.2 Å². The van der Waals surface area contributed by atoms with Crippen LogP contribution in [0, 0.1) is 11.7 Å². The van der Waals surface area contributed by atoms with Crippen LogP contribution in [0.2, 0.25) is 5.02 Å². The number of carbonyl (C=O) groups excluding carboxylic acids is 1. The summed E-state index contributed by atoms with van der Waals surface area (Å²) < 4.78 is 13.0. The first kappa shape index (κ1) is 13.9. The summed E-state index contributed by atoms with van der Waals surface area (Å²) in [4.78, 5) is 11.7.